The molecule has 3 heteroatoms. The topological polar surface area (TPSA) is 3.24 Å². The molecule has 0 fully saturated rings. The second kappa shape index (κ2) is 7.70. The number of nitrogens with zero attached hydrogens (tertiary/aromatic N) is 1. The molecule has 10 heavy (non-hydrogen) atoms. The second-order valence-electron chi connectivity index (χ2n) is 2.12. The van der Waals surface area contributed by atoms with Gasteiger partial charge in [-0.15, -0.1) is 11.6 Å². The standard InChI is InChI=1S/C7H16ClNS/c1-3-9(5-4-8)6-7-10-2/h3-7H2,1-2H3. The van der Waals surface area contributed by atoms with Crippen LogP contribution in [0, 0.1) is 0 Å². The fourth-order valence-corrected chi connectivity index (χ4v) is 1.45. The summed E-state index contributed by atoms with van der Waals surface area (Å²) >= 11 is 7.49. The number of thioether (sulfide) groups is 1. The zero-order chi connectivity index (χ0) is 7.82. The van der Waals surface area contributed by atoms with Crippen molar-refractivity contribution in [2.75, 3.05) is 37.5 Å². The van der Waals surface area contributed by atoms with Crippen LogP contribution >= 0.6 is 23.4 Å². The number of halogens is 1. The van der Waals surface area contributed by atoms with Crippen LogP contribution in [0.15, 0.2) is 0 Å². The Kier molecular flexibility index (Phi) is 8.17. The van der Waals surface area contributed by atoms with Gasteiger partial charge in [0.2, 0.25) is 0 Å². The van der Waals surface area contributed by atoms with Gasteiger partial charge >= 0.3 is 0 Å². The van der Waals surface area contributed by atoms with Crippen molar-refractivity contribution in [2.45, 2.75) is 6.92 Å². The molecule has 0 radical (unpaired) electrons. The predicted molar refractivity (Wildman–Crippen MR) is 51.2 cm³/mol. The first-order chi connectivity index (χ1) is 4.85. The summed E-state index contributed by atoms with van der Waals surface area (Å²) in [6.45, 7) is 5.49. The SMILES string of the molecule is CCN(CCCl)CCSC. The minimum atomic E-state index is 0.752. The number of hydrogen-bond acceptors (Lipinski definition) is 2. The van der Waals surface area contributed by atoms with Gasteiger partial charge in [-0.25, -0.2) is 0 Å². The van der Waals surface area contributed by atoms with E-state index in [1.54, 1.807) is 0 Å². The summed E-state index contributed by atoms with van der Waals surface area (Å²) in [7, 11) is 0. The quantitative estimate of drug-likeness (QED) is 0.576. The molecule has 0 unspecified atom stereocenters. The van der Waals surface area contributed by atoms with Gasteiger partial charge in [0.25, 0.3) is 0 Å². The van der Waals surface area contributed by atoms with Gasteiger partial charge in [-0.2, -0.15) is 11.8 Å². The number of hydrogen-bond donors (Lipinski definition) is 0. The van der Waals surface area contributed by atoms with E-state index in [1.165, 1.54) is 12.3 Å². The summed E-state index contributed by atoms with van der Waals surface area (Å²) in [4.78, 5) is 2.36. The van der Waals surface area contributed by atoms with E-state index in [1.807, 2.05) is 11.8 Å². The molecule has 0 aromatic rings. The smallest absolute Gasteiger partial charge is 0.0351 e. The van der Waals surface area contributed by atoms with Crippen LogP contribution in [-0.2, 0) is 0 Å². The maximum atomic E-state index is 5.61. The third-order valence-electron chi connectivity index (χ3n) is 1.46. The van der Waals surface area contributed by atoms with Crippen molar-refractivity contribution in [3.05, 3.63) is 0 Å². The van der Waals surface area contributed by atoms with Crippen molar-refractivity contribution in [1.82, 2.24) is 4.90 Å². The molecule has 0 aliphatic carbocycles. The van der Waals surface area contributed by atoms with Gasteiger partial charge in [-0.05, 0) is 12.8 Å². The predicted octanol–water partition coefficient (Wildman–Crippen LogP) is 1.91. The van der Waals surface area contributed by atoms with Gasteiger partial charge in [-0.1, -0.05) is 6.92 Å². The Morgan fingerprint density at radius 3 is 2.50 bits per heavy atom. The Morgan fingerprint density at radius 1 is 1.40 bits per heavy atom. The van der Waals surface area contributed by atoms with E-state index in [-0.39, 0.29) is 0 Å². The molecule has 0 heterocycles. The maximum absolute atomic E-state index is 5.61. The Bertz CT molecular complexity index is 70.6. The van der Waals surface area contributed by atoms with Gasteiger partial charge in [0.1, 0.15) is 0 Å². The van der Waals surface area contributed by atoms with Crippen molar-refractivity contribution in [3.8, 4) is 0 Å². The van der Waals surface area contributed by atoms with Crippen LogP contribution < -0.4 is 0 Å². The number of alkyl halides is 1. The van der Waals surface area contributed by atoms with Crippen molar-refractivity contribution < 1.29 is 0 Å². The number of rotatable bonds is 6. The Morgan fingerprint density at radius 2 is 2.10 bits per heavy atom. The molecule has 0 aliphatic rings. The average molecular weight is 182 g/mol. The highest BCUT2D eigenvalue weighted by molar-refractivity contribution is 7.98. The van der Waals surface area contributed by atoms with Crippen LogP contribution in [0.25, 0.3) is 0 Å². The highest BCUT2D eigenvalue weighted by Gasteiger charge is 1.98. The van der Waals surface area contributed by atoms with E-state index in [9.17, 15) is 0 Å². The molecule has 0 saturated carbocycles. The minimum Gasteiger partial charge on any atom is -0.302 e. The lowest BCUT2D eigenvalue weighted by molar-refractivity contribution is 0.326. The first-order valence-electron chi connectivity index (χ1n) is 3.62. The molecule has 0 saturated heterocycles. The summed E-state index contributed by atoms with van der Waals surface area (Å²) in [5.41, 5.74) is 0. The lowest BCUT2D eigenvalue weighted by atomic mass is 10.5. The van der Waals surface area contributed by atoms with Gasteiger partial charge < -0.3 is 4.90 Å². The minimum absolute atomic E-state index is 0.752. The Balaban J connectivity index is 3.21. The fourth-order valence-electron chi connectivity index (χ4n) is 0.768. The summed E-state index contributed by atoms with van der Waals surface area (Å²) in [5, 5.41) is 0. The van der Waals surface area contributed by atoms with Crippen LogP contribution in [0.5, 0.6) is 0 Å². The van der Waals surface area contributed by atoms with E-state index in [0.29, 0.717) is 0 Å². The normalized spacial score (nSPS) is 10.8. The Labute approximate surface area is 73.1 Å². The van der Waals surface area contributed by atoms with E-state index in [2.05, 4.69) is 18.1 Å². The molecule has 0 N–H and O–H groups in total. The molecule has 0 aromatic carbocycles. The molecule has 0 spiro atoms. The van der Waals surface area contributed by atoms with Gasteiger partial charge in [0, 0.05) is 24.7 Å². The van der Waals surface area contributed by atoms with Crippen LogP contribution in [0.3, 0.4) is 0 Å². The lowest BCUT2D eigenvalue weighted by Crippen LogP contribution is -2.27. The largest absolute Gasteiger partial charge is 0.302 e. The molecule has 0 rings (SSSR count). The molecular formula is C7H16ClNS. The molecule has 0 atom stereocenters. The molecule has 0 aromatic heterocycles. The highest BCUT2D eigenvalue weighted by atomic mass is 35.5. The van der Waals surface area contributed by atoms with Crippen LogP contribution in [0.4, 0.5) is 0 Å². The first kappa shape index (κ1) is 10.6. The first-order valence-corrected chi connectivity index (χ1v) is 5.55. The highest BCUT2D eigenvalue weighted by Crippen LogP contribution is 1.95. The van der Waals surface area contributed by atoms with E-state index < -0.39 is 0 Å². The van der Waals surface area contributed by atoms with Crippen molar-refractivity contribution in [1.29, 1.82) is 0 Å². The third-order valence-corrected chi connectivity index (χ3v) is 2.22. The maximum Gasteiger partial charge on any atom is 0.0351 e. The van der Waals surface area contributed by atoms with E-state index in [4.69, 9.17) is 11.6 Å². The lowest BCUT2D eigenvalue weighted by Gasteiger charge is -2.17. The zero-order valence-electron chi connectivity index (χ0n) is 6.77. The Hall–Kier alpha value is 0.600. The average Bonchev–Trinajstić information content (AvgIpc) is 1.98. The summed E-state index contributed by atoms with van der Waals surface area (Å²) < 4.78 is 0. The summed E-state index contributed by atoms with van der Waals surface area (Å²) in [6, 6.07) is 0. The van der Waals surface area contributed by atoms with Crippen LogP contribution in [0.2, 0.25) is 0 Å². The van der Waals surface area contributed by atoms with Gasteiger partial charge in [0.15, 0.2) is 0 Å². The molecule has 0 amide bonds. The van der Waals surface area contributed by atoms with E-state index in [0.717, 1.165) is 19.0 Å². The third kappa shape index (κ3) is 5.39. The molecular weight excluding hydrogens is 166 g/mol. The van der Waals surface area contributed by atoms with Gasteiger partial charge in [-0.3, -0.25) is 0 Å². The van der Waals surface area contributed by atoms with Crippen molar-refractivity contribution >= 4 is 23.4 Å². The van der Waals surface area contributed by atoms with E-state index >= 15 is 0 Å². The van der Waals surface area contributed by atoms with Crippen LogP contribution in [-0.4, -0.2) is 42.4 Å². The van der Waals surface area contributed by atoms with Gasteiger partial charge in [0.05, 0.1) is 0 Å². The second-order valence-corrected chi connectivity index (χ2v) is 3.48. The molecule has 62 valence electrons. The molecule has 0 bridgehead atoms. The van der Waals surface area contributed by atoms with Crippen LogP contribution in [0.1, 0.15) is 6.92 Å². The molecule has 1 nitrogen and oxygen atoms in total. The van der Waals surface area contributed by atoms with Crippen molar-refractivity contribution in [3.63, 3.8) is 0 Å². The fraction of sp³-hybridized carbons (Fsp3) is 1.00. The zero-order valence-corrected chi connectivity index (χ0v) is 8.34. The molecule has 0 aliphatic heterocycles. The summed E-state index contributed by atoms with van der Waals surface area (Å²) in [5.74, 6) is 1.97. The van der Waals surface area contributed by atoms with Crippen molar-refractivity contribution in [2.24, 2.45) is 0 Å². The summed E-state index contributed by atoms with van der Waals surface area (Å²) in [6.07, 6.45) is 2.13. The monoisotopic (exact) mass is 181 g/mol.